The first kappa shape index (κ1) is 14.9. The molecule has 0 unspecified atom stereocenters. The van der Waals surface area contributed by atoms with E-state index in [0.717, 1.165) is 31.4 Å². The molecule has 1 aromatic rings. The number of methoxy groups -OCH3 is 1. The second kappa shape index (κ2) is 5.66. The Morgan fingerprint density at radius 2 is 1.82 bits per heavy atom. The molecule has 0 heterocycles. The van der Waals surface area contributed by atoms with Crippen LogP contribution in [0.5, 0.6) is 0 Å². The summed E-state index contributed by atoms with van der Waals surface area (Å²) in [6.07, 6.45) is 2.66. The van der Waals surface area contributed by atoms with Gasteiger partial charge in [-0.2, -0.15) is 0 Å². The Labute approximate surface area is 126 Å². The molecule has 1 amide bonds. The minimum Gasteiger partial charge on any atom is -0.469 e. The van der Waals surface area contributed by atoms with Crippen LogP contribution in [0.1, 0.15) is 29.6 Å². The number of nitrogens with one attached hydrogen (secondary N) is 1. The van der Waals surface area contributed by atoms with Crippen molar-refractivity contribution in [2.75, 3.05) is 7.11 Å². The van der Waals surface area contributed by atoms with E-state index < -0.39 is 35.1 Å². The predicted octanol–water partition coefficient (Wildman–Crippen LogP) is 2.28. The van der Waals surface area contributed by atoms with E-state index in [9.17, 15) is 18.4 Å². The number of benzene rings is 1. The van der Waals surface area contributed by atoms with Gasteiger partial charge in [0, 0.05) is 6.04 Å². The number of ether oxygens (including phenoxy) is 1. The van der Waals surface area contributed by atoms with Crippen molar-refractivity contribution in [3.05, 3.63) is 35.4 Å². The molecule has 2 bridgehead atoms. The maximum Gasteiger partial charge on any atom is 0.311 e. The van der Waals surface area contributed by atoms with Crippen LogP contribution >= 0.6 is 0 Å². The van der Waals surface area contributed by atoms with Crippen LogP contribution in [0.15, 0.2) is 18.2 Å². The number of halogens is 2. The Morgan fingerprint density at radius 3 is 2.45 bits per heavy atom. The van der Waals surface area contributed by atoms with E-state index in [1.807, 2.05) is 0 Å². The molecule has 0 radical (unpaired) electrons. The van der Waals surface area contributed by atoms with Crippen molar-refractivity contribution in [2.45, 2.75) is 25.3 Å². The average molecular weight is 309 g/mol. The van der Waals surface area contributed by atoms with Crippen LogP contribution in [0.2, 0.25) is 0 Å². The van der Waals surface area contributed by atoms with Gasteiger partial charge in [-0.1, -0.05) is 6.07 Å². The first-order chi connectivity index (χ1) is 10.5. The molecule has 2 aliphatic rings. The minimum atomic E-state index is -0.907. The highest BCUT2D eigenvalue weighted by atomic mass is 19.1. The molecule has 0 aromatic heterocycles. The van der Waals surface area contributed by atoms with Crippen LogP contribution in [0.25, 0.3) is 0 Å². The zero-order chi connectivity index (χ0) is 15.9. The van der Waals surface area contributed by atoms with Gasteiger partial charge in [-0.25, -0.2) is 8.78 Å². The molecule has 2 aliphatic carbocycles. The van der Waals surface area contributed by atoms with Gasteiger partial charge in [-0.15, -0.1) is 0 Å². The Morgan fingerprint density at radius 1 is 1.18 bits per heavy atom. The summed E-state index contributed by atoms with van der Waals surface area (Å²) >= 11 is 0. The third-order valence-electron chi connectivity index (χ3n) is 4.88. The summed E-state index contributed by atoms with van der Waals surface area (Å²) in [7, 11) is 1.31. The smallest absolute Gasteiger partial charge is 0.311 e. The Balaban J connectivity index is 1.82. The summed E-state index contributed by atoms with van der Waals surface area (Å²) in [4.78, 5) is 24.2. The number of rotatable bonds is 3. The molecule has 2 saturated carbocycles. The monoisotopic (exact) mass is 309 g/mol. The number of esters is 1. The zero-order valence-corrected chi connectivity index (χ0v) is 12.1. The first-order valence-corrected chi connectivity index (χ1v) is 7.35. The highest BCUT2D eigenvalue weighted by Gasteiger charge is 2.52. The van der Waals surface area contributed by atoms with E-state index in [1.165, 1.54) is 13.2 Å². The van der Waals surface area contributed by atoms with Crippen LogP contribution in [0.3, 0.4) is 0 Å². The fourth-order valence-electron chi connectivity index (χ4n) is 3.91. The average Bonchev–Trinajstić information content (AvgIpc) is 3.07. The Bertz CT molecular complexity index is 599. The standard InChI is InChI=1S/C16H17F2NO3/c1-22-16(21)12-8-5-6-9(7-8)14(12)19-15(20)13-10(17)3-2-4-11(13)18/h2-4,8-9,12,14H,5-7H2,1H3,(H,19,20)/t8-,9-,12+,14+/m0/s1. The second-order valence-electron chi connectivity index (χ2n) is 5.98. The van der Waals surface area contributed by atoms with Gasteiger partial charge in [-0.05, 0) is 43.2 Å². The topological polar surface area (TPSA) is 55.4 Å². The van der Waals surface area contributed by atoms with Gasteiger partial charge in [0.05, 0.1) is 13.0 Å². The van der Waals surface area contributed by atoms with E-state index in [-0.39, 0.29) is 17.8 Å². The number of amides is 1. The van der Waals surface area contributed by atoms with Crippen LogP contribution in [0, 0.1) is 29.4 Å². The van der Waals surface area contributed by atoms with E-state index in [0.29, 0.717) is 0 Å². The fraction of sp³-hybridized carbons (Fsp3) is 0.500. The lowest BCUT2D eigenvalue weighted by Gasteiger charge is -2.29. The maximum atomic E-state index is 13.7. The molecule has 1 aromatic carbocycles. The highest BCUT2D eigenvalue weighted by molar-refractivity contribution is 5.95. The molecule has 4 nitrogen and oxygen atoms in total. The lowest BCUT2D eigenvalue weighted by molar-refractivity contribution is -0.148. The second-order valence-corrected chi connectivity index (χ2v) is 5.98. The van der Waals surface area contributed by atoms with Crippen molar-refractivity contribution in [1.82, 2.24) is 5.32 Å². The summed E-state index contributed by atoms with van der Waals surface area (Å²) in [5.41, 5.74) is -0.603. The molecule has 0 saturated heterocycles. The van der Waals surface area contributed by atoms with Gasteiger partial charge in [0.1, 0.15) is 17.2 Å². The van der Waals surface area contributed by atoms with E-state index in [4.69, 9.17) is 4.74 Å². The molecule has 4 atom stereocenters. The number of hydrogen-bond acceptors (Lipinski definition) is 3. The number of carbonyl (C=O) groups is 2. The Kier molecular flexibility index (Phi) is 3.85. The lowest BCUT2D eigenvalue weighted by atomic mass is 9.84. The van der Waals surface area contributed by atoms with E-state index >= 15 is 0 Å². The molecule has 118 valence electrons. The van der Waals surface area contributed by atoms with E-state index in [2.05, 4.69) is 5.32 Å². The van der Waals surface area contributed by atoms with Gasteiger partial charge in [0.15, 0.2) is 0 Å². The van der Waals surface area contributed by atoms with E-state index in [1.54, 1.807) is 0 Å². The predicted molar refractivity (Wildman–Crippen MR) is 73.9 cm³/mol. The fourth-order valence-corrected chi connectivity index (χ4v) is 3.91. The maximum absolute atomic E-state index is 13.7. The summed E-state index contributed by atoms with van der Waals surface area (Å²) in [6.45, 7) is 0. The number of hydrogen-bond donors (Lipinski definition) is 1. The molecule has 6 heteroatoms. The van der Waals surface area contributed by atoms with Crippen LogP contribution < -0.4 is 5.32 Å². The first-order valence-electron chi connectivity index (χ1n) is 7.35. The third kappa shape index (κ3) is 2.36. The molecule has 1 N–H and O–H groups in total. The van der Waals surface area contributed by atoms with Crippen molar-refractivity contribution in [3.8, 4) is 0 Å². The quantitative estimate of drug-likeness (QED) is 0.872. The van der Waals surface area contributed by atoms with Gasteiger partial charge in [0.2, 0.25) is 0 Å². The van der Waals surface area contributed by atoms with Crippen molar-refractivity contribution >= 4 is 11.9 Å². The van der Waals surface area contributed by atoms with Crippen LogP contribution in [0.4, 0.5) is 8.78 Å². The highest BCUT2D eigenvalue weighted by Crippen LogP contribution is 2.49. The zero-order valence-electron chi connectivity index (χ0n) is 12.1. The number of fused-ring (bicyclic) bond motifs is 2. The number of carbonyl (C=O) groups excluding carboxylic acids is 2. The van der Waals surface area contributed by atoms with Gasteiger partial charge >= 0.3 is 5.97 Å². The van der Waals surface area contributed by atoms with Gasteiger partial charge < -0.3 is 10.1 Å². The molecular weight excluding hydrogens is 292 g/mol. The molecule has 0 aliphatic heterocycles. The molecule has 2 fully saturated rings. The molecule has 22 heavy (non-hydrogen) atoms. The van der Waals surface area contributed by atoms with Gasteiger partial charge in [0.25, 0.3) is 5.91 Å². The Hall–Kier alpha value is -1.98. The normalized spacial score (nSPS) is 29.4. The van der Waals surface area contributed by atoms with Gasteiger partial charge in [-0.3, -0.25) is 9.59 Å². The molecular formula is C16H17F2NO3. The SMILES string of the molecule is COC(=O)[C@@H]1[C@H]2CC[C@@H](C2)[C@H]1NC(=O)c1c(F)cccc1F. The summed E-state index contributed by atoms with van der Waals surface area (Å²) in [5.74, 6) is -3.09. The third-order valence-corrected chi connectivity index (χ3v) is 4.88. The molecule has 3 rings (SSSR count). The summed E-state index contributed by atoms with van der Waals surface area (Å²) in [5, 5.41) is 2.65. The van der Waals surface area contributed by atoms with Crippen molar-refractivity contribution in [2.24, 2.45) is 17.8 Å². The summed E-state index contributed by atoms with van der Waals surface area (Å²) < 4.78 is 32.2. The molecule has 0 spiro atoms. The van der Waals surface area contributed by atoms with Crippen molar-refractivity contribution in [1.29, 1.82) is 0 Å². The van der Waals surface area contributed by atoms with Crippen molar-refractivity contribution in [3.63, 3.8) is 0 Å². The minimum absolute atomic E-state index is 0.160. The van der Waals surface area contributed by atoms with Crippen LogP contribution in [-0.4, -0.2) is 25.0 Å². The van der Waals surface area contributed by atoms with Crippen LogP contribution in [-0.2, 0) is 9.53 Å². The summed E-state index contributed by atoms with van der Waals surface area (Å²) in [6, 6.07) is 2.86. The largest absolute Gasteiger partial charge is 0.469 e. The van der Waals surface area contributed by atoms with Crippen molar-refractivity contribution < 1.29 is 23.1 Å². The lowest BCUT2D eigenvalue weighted by Crippen LogP contribution is -2.47.